The van der Waals surface area contributed by atoms with Crippen LogP contribution in [-0.2, 0) is 10.2 Å². The number of benzene rings is 1. The van der Waals surface area contributed by atoms with Gasteiger partial charge in [0.05, 0.1) is 5.41 Å². The van der Waals surface area contributed by atoms with E-state index >= 15 is 0 Å². The number of carbonyl (C=O) groups excluding carboxylic acids is 1. The van der Waals surface area contributed by atoms with E-state index in [9.17, 15) is 9.18 Å². The monoisotopic (exact) mass is 339 g/mol. The van der Waals surface area contributed by atoms with E-state index in [4.69, 9.17) is 0 Å². The summed E-state index contributed by atoms with van der Waals surface area (Å²) in [5, 5.41) is 0. The van der Waals surface area contributed by atoms with Gasteiger partial charge in [0.15, 0.2) is 0 Å². The molecule has 4 rings (SSSR count). The average molecular weight is 339 g/mol. The zero-order chi connectivity index (χ0) is 17.3. The molecule has 25 heavy (non-hydrogen) atoms. The molecule has 1 amide bonds. The first kappa shape index (κ1) is 16.1. The highest BCUT2D eigenvalue weighted by Gasteiger charge is 2.49. The van der Waals surface area contributed by atoms with Gasteiger partial charge in [0.25, 0.3) is 0 Å². The van der Waals surface area contributed by atoms with Crippen LogP contribution in [0.3, 0.4) is 0 Å². The topological polar surface area (TPSA) is 36.4 Å². The van der Waals surface area contributed by atoms with E-state index in [0.29, 0.717) is 18.7 Å². The summed E-state index contributed by atoms with van der Waals surface area (Å²) in [4.78, 5) is 21.7. The minimum absolute atomic E-state index is 0.0875. The fourth-order valence-corrected chi connectivity index (χ4v) is 3.96. The molecule has 0 bridgehead atoms. The first-order valence-electron chi connectivity index (χ1n) is 8.91. The van der Waals surface area contributed by atoms with Crippen molar-refractivity contribution < 1.29 is 9.18 Å². The highest BCUT2D eigenvalue weighted by atomic mass is 19.1. The third-order valence-electron chi connectivity index (χ3n) is 5.55. The third-order valence-corrected chi connectivity index (χ3v) is 5.55. The number of hydrogen-bond donors (Lipinski definition) is 0. The summed E-state index contributed by atoms with van der Waals surface area (Å²) < 4.78 is 14.3. The summed E-state index contributed by atoms with van der Waals surface area (Å²) in [6.45, 7) is 2.84. The van der Waals surface area contributed by atoms with Gasteiger partial charge in [-0.15, -0.1) is 0 Å². The van der Waals surface area contributed by atoms with Crippen LogP contribution in [0.1, 0.15) is 24.8 Å². The van der Waals surface area contributed by atoms with Crippen LogP contribution >= 0.6 is 0 Å². The molecule has 0 N–H and O–H groups in total. The van der Waals surface area contributed by atoms with Gasteiger partial charge in [-0.2, -0.15) is 0 Å². The van der Waals surface area contributed by atoms with Crippen molar-refractivity contribution in [3.05, 3.63) is 60.0 Å². The SMILES string of the molecule is O=C(N1CCN(c2ccccn2)CC1)C1(c2ccccc2F)CCC1. The van der Waals surface area contributed by atoms with E-state index in [1.165, 1.54) is 6.07 Å². The number of amides is 1. The molecule has 4 nitrogen and oxygen atoms in total. The maximum atomic E-state index is 14.3. The number of anilines is 1. The molecule has 2 aliphatic rings. The molecule has 0 unspecified atom stereocenters. The van der Waals surface area contributed by atoms with Crippen molar-refractivity contribution in [2.45, 2.75) is 24.7 Å². The minimum atomic E-state index is -0.654. The quantitative estimate of drug-likeness (QED) is 0.863. The first-order chi connectivity index (χ1) is 12.2. The number of hydrogen-bond acceptors (Lipinski definition) is 3. The smallest absolute Gasteiger partial charge is 0.233 e. The summed E-state index contributed by atoms with van der Waals surface area (Å²) >= 11 is 0. The Morgan fingerprint density at radius 1 is 1.00 bits per heavy atom. The lowest BCUT2D eigenvalue weighted by molar-refractivity contribution is -0.141. The standard InChI is InChI=1S/C20H22FN3O/c21-17-7-2-1-6-16(17)20(9-5-10-20)19(25)24-14-12-23(13-15-24)18-8-3-4-11-22-18/h1-4,6-8,11H,5,9-10,12-15H2. The van der Waals surface area contributed by atoms with Crippen LogP contribution in [0.2, 0.25) is 0 Å². The Kier molecular flexibility index (Phi) is 4.15. The molecular weight excluding hydrogens is 317 g/mol. The molecule has 1 saturated carbocycles. The zero-order valence-electron chi connectivity index (χ0n) is 14.2. The molecular formula is C20H22FN3O. The fourth-order valence-electron chi connectivity index (χ4n) is 3.96. The number of aromatic nitrogens is 1. The van der Waals surface area contributed by atoms with Gasteiger partial charge < -0.3 is 9.80 Å². The van der Waals surface area contributed by atoms with Crippen LogP contribution in [0.5, 0.6) is 0 Å². The van der Waals surface area contributed by atoms with Crippen molar-refractivity contribution in [1.29, 1.82) is 0 Å². The highest BCUT2D eigenvalue weighted by molar-refractivity contribution is 5.89. The van der Waals surface area contributed by atoms with Crippen molar-refractivity contribution >= 4 is 11.7 Å². The normalized spacial score (nSPS) is 19.4. The van der Waals surface area contributed by atoms with Crippen LogP contribution in [0.15, 0.2) is 48.7 Å². The predicted octanol–water partition coefficient (Wildman–Crippen LogP) is 2.99. The van der Waals surface area contributed by atoms with Gasteiger partial charge in [-0.3, -0.25) is 4.79 Å². The molecule has 1 saturated heterocycles. The average Bonchev–Trinajstić information content (AvgIpc) is 2.63. The molecule has 2 aromatic rings. The second-order valence-electron chi connectivity index (χ2n) is 6.88. The van der Waals surface area contributed by atoms with E-state index in [1.807, 2.05) is 29.2 Å². The Balaban J connectivity index is 1.49. The van der Waals surface area contributed by atoms with E-state index in [2.05, 4.69) is 9.88 Å². The summed E-state index contributed by atoms with van der Waals surface area (Å²) in [6.07, 6.45) is 4.25. The number of halogens is 1. The van der Waals surface area contributed by atoms with Gasteiger partial charge in [0.1, 0.15) is 11.6 Å². The van der Waals surface area contributed by atoms with Crippen LogP contribution in [0.25, 0.3) is 0 Å². The summed E-state index contributed by atoms with van der Waals surface area (Å²) in [7, 11) is 0. The van der Waals surface area contributed by atoms with Crippen LogP contribution < -0.4 is 4.90 Å². The van der Waals surface area contributed by atoms with Gasteiger partial charge in [0, 0.05) is 37.9 Å². The van der Waals surface area contributed by atoms with Gasteiger partial charge in [0.2, 0.25) is 5.91 Å². The van der Waals surface area contributed by atoms with Gasteiger partial charge in [-0.05, 0) is 31.0 Å². The zero-order valence-corrected chi connectivity index (χ0v) is 14.2. The van der Waals surface area contributed by atoms with Crippen LogP contribution in [-0.4, -0.2) is 42.0 Å². The van der Waals surface area contributed by atoms with Gasteiger partial charge in [-0.1, -0.05) is 30.7 Å². The molecule has 1 aliphatic carbocycles. The van der Waals surface area contributed by atoms with Crippen LogP contribution in [0, 0.1) is 5.82 Å². The summed E-state index contributed by atoms with van der Waals surface area (Å²) in [5.74, 6) is 0.772. The van der Waals surface area contributed by atoms with E-state index in [0.717, 1.165) is 38.2 Å². The lowest BCUT2D eigenvalue weighted by Gasteiger charge is -2.46. The van der Waals surface area contributed by atoms with Crippen molar-refractivity contribution in [3.8, 4) is 0 Å². The lowest BCUT2D eigenvalue weighted by Crippen LogP contribution is -2.57. The Bertz CT molecular complexity index is 753. The Morgan fingerprint density at radius 3 is 2.32 bits per heavy atom. The molecule has 0 atom stereocenters. The highest BCUT2D eigenvalue weighted by Crippen LogP contribution is 2.46. The van der Waals surface area contributed by atoms with E-state index in [-0.39, 0.29) is 11.7 Å². The summed E-state index contributed by atoms with van der Waals surface area (Å²) in [6, 6.07) is 12.6. The molecule has 0 radical (unpaired) electrons. The van der Waals surface area contributed by atoms with E-state index < -0.39 is 5.41 Å². The largest absolute Gasteiger partial charge is 0.353 e. The van der Waals surface area contributed by atoms with Gasteiger partial charge >= 0.3 is 0 Å². The predicted molar refractivity (Wildman–Crippen MR) is 95.0 cm³/mol. The number of piperazine rings is 1. The number of rotatable bonds is 3. The molecule has 2 heterocycles. The molecule has 130 valence electrons. The lowest BCUT2D eigenvalue weighted by atomic mass is 9.63. The van der Waals surface area contributed by atoms with Crippen LogP contribution in [0.4, 0.5) is 10.2 Å². The second-order valence-corrected chi connectivity index (χ2v) is 6.88. The fraction of sp³-hybridized carbons (Fsp3) is 0.400. The maximum Gasteiger partial charge on any atom is 0.233 e. The molecule has 2 fully saturated rings. The first-order valence-corrected chi connectivity index (χ1v) is 8.91. The molecule has 5 heteroatoms. The number of nitrogens with zero attached hydrogens (tertiary/aromatic N) is 3. The molecule has 1 aromatic carbocycles. The second kappa shape index (κ2) is 6.47. The summed E-state index contributed by atoms with van der Waals surface area (Å²) in [5.41, 5.74) is -0.0863. The Hall–Kier alpha value is -2.43. The number of carbonyl (C=O) groups is 1. The minimum Gasteiger partial charge on any atom is -0.353 e. The Morgan fingerprint density at radius 2 is 1.72 bits per heavy atom. The van der Waals surface area contributed by atoms with Crippen molar-refractivity contribution in [1.82, 2.24) is 9.88 Å². The third kappa shape index (κ3) is 2.77. The van der Waals surface area contributed by atoms with Gasteiger partial charge in [-0.25, -0.2) is 9.37 Å². The Labute approximate surface area is 147 Å². The molecule has 1 aliphatic heterocycles. The van der Waals surface area contributed by atoms with Crippen molar-refractivity contribution in [3.63, 3.8) is 0 Å². The van der Waals surface area contributed by atoms with E-state index in [1.54, 1.807) is 18.3 Å². The maximum absolute atomic E-state index is 14.3. The van der Waals surface area contributed by atoms with Crippen molar-refractivity contribution in [2.75, 3.05) is 31.1 Å². The molecule has 0 spiro atoms. The van der Waals surface area contributed by atoms with Crippen molar-refractivity contribution in [2.24, 2.45) is 0 Å². The molecule has 1 aromatic heterocycles. The number of pyridine rings is 1.